The van der Waals surface area contributed by atoms with Crippen molar-refractivity contribution in [2.24, 2.45) is 5.92 Å². The molecular formula is C14H16N2O2. The molecule has 1 aliphatic heterocycles. The summed E-state index contributed by atoms with van der Waals surface area (Å²) in [5.74, 6) is 1.60. The van der Waals surface area contributed by atoms with Crippen molar-refractivity contribution in [3.05, 3.63) is 35.9 Å². The minimum Gasteiger partial charge on any atom is -0.381 e. The van der Waals surface area contributed by atoms with Crippen molar-refractivity contribution in [1.29, 1.82) is 0 Å². The minimum absolute atomic E-state index is 0.615. The van der Waals surface area contributed by atoms with Crippen molar-refractivity contribution < 1.29 is 9.53 Å². The zero-order chi connectivity index (χ0) is 12.4. The van der Waals surface area contributed by atoms with E-state index in [0.29, 0.717) is 11.6 Å². The lowest BCUT2D eigenvalue weighted by Gasteiger charge is -2.21. The van der Waals surface area contributed by atoms with Crippen molar-refractivity contribution in [3.8, 4) is 0 Å². The highest BCUT2D eigenvalue weighted by Crippen LogP contribution is 2.20. The van der Waals surface area contributed by atoms with Gasteiger partial charge in [0.05, 0.1) is 17.4 Å². The molecule has 3 rings (SSSR count). The molecule has 0 N–H and O–H groups in total. The van der Waals surface area contributed by atoms with Gasteiger partial charge in [0, 0.05) is 19.6 Å². The fourth-order valence-corrected chi connectivity index (χ4v) is 2.59. The number of hydrogen-bond donors (Lipinski definition) is 0. The Kier molecular flexibility index (Phi) is 3.11. The summed E-state index contributed by atoms with van der Waals surface area (Å²) in [5.41, 5.74) is 1.66. The fraction of sp³-hybridized carbons (Fsp3) is 0.429. The fourth-order valence-electron chi connectivity index (χ4n) is 2.59. The maximum absolute atomic E-state index is 11.1. The van der Waals surface area contributed by atoms with E-state index in [1.165, 1.54) is 0 Å². The first-order valence-corrected chi connectivity index (χ1v) is 6.37. The van der Waals surface area contributed by atoms with Crippen LogP contribution >= 0.6 is 0 Å². The van der Waals surface area contributed by atoms with Crippen LogP contribution < -0.4 is 0 Å². The van der Waals surface area contributed by atoms with Crippen LogP contribution in [-0.4, -0.2) is 28.9 Å². The number of aldehydes is 1. The van der Waals surface area contributed by atoms with Gasteiger partial charge in [-0.05, 0) is 30.9 Å². The molecule has 0 bridgehead atoms. The summed E-state index contributed by atoms with van der Waals surface area (Å²) < 4.78 is 7.33. The first kappa shape index (κ1) is 11.4. The molecule has 4 heteroatoms. The van der Waals surface area contributed by atoms with Crippen LogP contribution in [0, 0.1) is 5.92 Å². The van der Waals surface area contributed by atoms with Crippen LogP contribution in [0.1, 0.15) is 29.2 Å². The van der Waals surface area contributed by atoms with Gasteiger partial charge < -0.3 is 4.74 Å². The Balaban J connectivity index is 1.93. The molecule has 0 atom stereocenters. The summed E-state index contributed by atoms with van der Waals surface area (Å²) in [6, 6.07) is 5.70. The minimum atomic E-state index is 0.615. The monoisotopic (exact) mass is 244 g/mol. The number of carbonyl (C=O) groups excluding carboxylic acids is 1. The summed E-state index contributed by atoms with van der Waals surface area (Å²) in [6.45, 7) is 1.68. The average molecular weight is 244 g/mol. The number of imidazole rings is 1. The second-order valence-corrected chi connectivity index (χ2v) is 4.76. The van der Waals surface area contributed by atoms with Crippen molar-refractivity contribution in [3.63, 3.8) is 0 Å². The molecule has 1 aliphatic rings. The third kappa shape index (κ3) is 2.04. The zero-order valence-corrected chi connectivity index (χ0v) is 10.2. The smallest absolute Gasteiger partial charge is 0.166 e. The number of carbonyl (C=O) groups is 1. The molecule has 0 aliphatic carbocycles. The Bertz CT molecular complexity index is 556. The molecule has 0 spiro atoms. The van der Waals surface area contributed by atoms with E-state index in [4.69, 9.17) is 4.74 Å². The Labute approximate surface area is 106 Å². The van der Waals surface area contributed by atoms with Crippen molar-refractivity contribution in [2.45, 2.75) is 19.3 Å². The van der Waals surface area contributed by atoms with Gasteiger partial charge >= 0.3 is 0 Å². The van der Waals surface area contributed by atoms with E-state index in [0.717, 1.165) is 50.1 Å². The topological polar surface area (TPSA) is 43.6 Å². The molecule has 0 unspecified atom stereocenters. The van der Waals surface area contributed by atoms with Crippen LogP contribution in [0.5, 0.6) is 0 Å². The number of fused-ring (bicyclic) bond motifs is 1. The maximum Gasteiger partial charge on any atom is 0.166 e. The average Bonchev–Trinajstić information content (AvgIpc) is 2.83. The summed E-state index contributed by atoms with van der Waals surface area (Å²) in [5, 5.41) is 0. The molecular weight excluding hydrogens is 228 g/mol. The van der Waals surface area contributed by atoms with Crippen molar-refractivity contribution >= 4 is 11.8 Å². The molecule has 1 fully saturated rings. The van der Waals surface area contributed by atoms with Gasteiger partial charge in [0.1, 0.15) is 5.82 Å². The van der Waals surface area contributed by atoms with Gasteiger partial charge in [0.2, 0.25) is 0 Å². The quantitative estimate of drug-likeness (QED) is 0.777. The molecule has 94 valence electrons. The standard InChI is InChI=1S/C14H16N2O2/c17-10-13-3-1-2-12-9-15-14(16(12)13)8-11-4-6-18-7-5-11/h1-3,9-11H,4-8H2. The van der Waals surface area contributed by atoms with E-state index in [-0.39, 0.29) is 0 Å². The molecule has 2 aromatic heterocycles. The highest BCUT2D eigenvalue weighted by atomic mass is 16.5. The number of pyridine rings is 1. The Hall–Kier alpha value is -1.68. The lowest BCUT2D eigenvalue weighted by atomic mass is 9.96. The number of nitrogens with zero attached hydrogens (tertiary/aromatic N) is 2. The summed E-state index contributed by atoms with van der Waals surface area (Å²) in [4.78, 5) is 15.6. The SMILES string of the molecule is O=Cc1cccc2cnc(CC3CCOCC3)n12. The number of ether oxygens (including phenoxy) is 1. The van der Waals surface area contributed by atoms with E-state index < -0.39 is 0 Å². The summed E-state index contributed by atoms with van der Waals surface area (Å²) in [7, 11) is 0. The Morgan fingerprint density at radius 2 is 2.22 bits per heavy atom. The van der Waals surface area contributed by atoms with E-state index in [1.807, 2.05) is 28.8 Å². The molecule has 0 radical (unpaired) electrons. The molecule has 3 heterocycles. The van der Waals surface area contributed by atoms with Crippen LogP contribution in [0.3, 0.4) is 0 Å². The second kappa shape index (κ2) is 4.90. The number of aromatic nitrogens is 2. The molecule has 0 aromatic carbocycles. The maximum atomic E-state index is 11.1. The van der Waals surface area contributed by atoms with Gasteiger partial charge in [0.15, 0.2) is 6.29 Å². The predicted octanol–water partition coefficient (Wildman–Crippen LogP) is 2.12. The zero-order valence-electron chi connectivity index (χ0n) is 10.2. The highest BCUT2D eigenvalue weighted by molar-refractivity contribution is 5.74. The van der Waals surface area contributed by atoms with Crippen LogP contribution in [-0.2, 0) is 11.2 Å². The molecule has 1 saturated heterocycles. The van der Waals surface area contributed by atoms with E-state index >= 15 is 0 Å². The van der Waals surface area contributed by atoms with E-state index in [1.54, 1.807) is 0 Å². The third-order valence-electron chi connectivity index (χ3n) is 3.59. The first-order chi connectivity index (χ1) is 8.88. The largest absolute Gasteiger partial charge is 0.381 e. The highest BCUT2D eigenvalue weighted by Gasteiger charge is 2.17. The van der Waals surface area contributed by atoms with E-state index in [2.05, 4.69) is 4.98 Å². The van der Waals surface area contributed by atoms with Crippen LogP contribution in [0.2, 0.25) is 0 Å². The van der Waals surface area contributed by atoms with Crippen LogP contribution in [0.15, 0.2) is 24.4 Å². The Morgan fingerprint density at radius 3 is 3.00 bits per heavy atom. The molecule has 4 nitrogen and oxygen atoms in total. The lowest BCUT2D eigenvalue weighted by molar-refractivity contribution is 0.0659. The van der Waals surface area contributed by atoms with Gasteiger partial charge in [-0.25, -0.2) is 4.98 Å². The van der Waals surface area contributed by atoms with Gasteiger partial charge in [-0.3, -0.25) is 9.20 Å². The molecule has 0 saturated carbocycles. The van der Waals surface area contributed by atoms with Gasteiger partial charge in [-0.15, -0.1) is 0 Å². The van der Waals surface area contributed by atoms with E-state index in [9.17, 15) is 4.79 Å². The molecule has 18 heavy (non-hydrogen) atoms. The number of rotatable bonds is 3. The molecule has 2 aromatic rings. The third-order valence-corrected chi connectivity index (χ3v) is 3.59. The first-order valence-electron chi connectivity index (χ1n) is 6.37. The van der Waals surface area contributed by atoms with Crippen LogP contribution in [0.4, 0.5) is 0 Å². The van der Waals surface area contributed by atoms with Gasteiger partial charge in [0.25, 0.3) is 0 Å². The lowest BCUT2D eigenvalue weighted by Crippen LogP contribution is -2.19. The number of hydrogen-bond acceptors (Lipinski definition) is 3. The summed E-state index contributed by atoms with van der Waals surface area (Å²) in [6.07, 6.45) is 5.81. The summed E-state index contributed by atoms with van der Waals surface area (Å²) >= 11 is 0. The second-order valence-electron chi connectivity index (χ2n) is 4.76. The molecule has 0 amide bonds. The predicted molar refractivity (Wildman–Crippen MR) is 67.8 cm³/mol. The van der Waals surface area contributed by atoms with Gasteiger partial charge in [-0.1, -0.05) is 6.07 Å². The van der Waals surface area contributed by atoms with Crippen molar-refractivity contribution in [2.75, 3.05) is 13.2 Å². The van der Waals surface area contributed by atoms with Gasteiger partial charge in [-0.2, -0.15) is 0 Å². The normalized spacial score (nSPS) is 17.1. The van der Waals surface area contributed by atoms with Crippen molar-refractivity contribution in [1.82, 2.24) is 9.38 Å². The Morgan fingerprint density at radius 1 is 1.39 bits per heavy atom. The van der Waals surface area contributed by atoms with Crippen LogP contribution in [0.25, 0.3) is 5.52 Å².